The van der Waals surface area contributed by atoms with E-state index in [1.807, 2.05) is 0 Å². The standard InChI is InChI=1S/C19H28N3O4S.HI/c1-4-5-6-7-11-24-18-17(20-27-21-18)15-9-8-10-22(3,12-15)13-16-14(2)25-19(23)26-16;/h9H,4-8,10-13H2,1-3H3;1H/q+1;/p-1. The van der Waals surface area contributed by atoms with Crippen LogP contribution in [0, 0.1) is 6.92 Å². The molecule has 0 bridgehead atoms. The van der Waals surface area contributed by atoms with E-state index in [0.29, 0.717) is 30.6 Å². The number of nitrogens with zero attached hydrogens (tertiary/aromatic N) is 3. The molecule has 156 valence electrons. The van der Waals surface area contributed by atoms with Gasteiger partial charge in [-0.25, -0.2) is 4.79 Å². The Labute approximate surface area is 186 Å². The fourth-order valence-corrected chi connectivity index (χ4v) is 3.98. The summed E-state index contributed by atoms with van der Waals surface area (Å²) in [5.74, 6) is 1.18. The summed E-state index contributed by atoms with van der Waals surface area (Å²) in [6.45, 7) is 7.00. The molecule has 1 atom stereocenters. The van der Waals surface area contributed by atoms with Crippen LogP contribution in [0.5, 0.6) is 5.88 Å². The Morgan fingerprint density at radius 1 is 1.25 bits per heavy atom. The van der Waals surface area contributed by atoms with Crippen LogP contribution < -0.4 is 34.5 Å². The molecule has 0 saturated heterocycles. The van der Waals surface area contributed by atoms with Gasteiger partial charge < -0.3 is 42.0 Å². The molecule has 0 saturated carbocycles. The lowest BCUT2D eigenvalue weighted by Crippen LogP contribution is -3.00. The van der Waals surface area contributed by atoms with Gasteiger partial charge in [-0.15, -0.1) is 4.37 Å². The predicted octanol–water partition coefficient (Wildman–Crippen LogP) is 0.790. The molecule has 0 radical (unpaired) electrons. The topological polar surface area (TPSA) is 78.4 Å². The van der Waals surface area contributed by atoms with Crippen molar-refractivity contribution in [3.63, 3.8) is 0 Å². The van der Waals surface area contributed by atoms with Gasteiger partial charge in [-0.2, -0.15) is 4.37 Å². The van der Waals surface area contributed by atoms with E-state index in [0.717, 1.165) is 41.7 Å². The molecular weight excluding hydrogens is 493 g/mol. The predicted molar refractivity (Wildman–Crippen MR) is 104 cm³/mol. The highest BCUT2D eigenvalue weighted by Gasteiger charge is 2.32. The molecule has 0 aliphatic carbocycles. The Morgan fingerprint density at radius 2 is 2.07 bits per heavy atom. The molecule has 0 amide bonds. The molecule has 3 rings (SSSR count). The van der Waals surface area contributed by atoms with Crippen molar-refractivity contribution in [1.29, 1.82) is 0 Å². The number of ether oxygens (including phenoxy) is 1. The Morgan fingerprint density at radius 3 is 2.79 bits per heavy atom. The second-order valence-electron chi connectivity index (χ2n) is 7.44. The largest absolute Gasteiger partial charge is 1.00 e. The Bertz CT molecular complexity index is 844. The number of likely N-dealkylation sites (N-methyl/N-ethyl adjacent to an activating group) is 1. The molecule has 0 aromatic carbocycles. The molecule has 7 nitrogen and oxygen atoms in total. The van der Waals surface area contributed by atoms with Crippen molar-refractivity contribution in [2.24, 2.45) is 0 Å². The summed E-state index contributed by atoms with van der Waals surface area (Å²) < 4.78 is 25.7. The zero-order valence-electron chi connectivity index (χ0n) is 16.7. The molecule has 1 aliphatic heterocycles. The third-order valence-electron chi connectivity index (χ3n) is 4.97. The van der Waals surface area contributed by atoms with Crippen molar-refractivity contribution in [3.8, 4) is 5.88 Å². The van der Waals surface area contributed by atoms with Crippen molar-refractivity contribution in [3.05, 3.63) is 33.9 Å². The number of aryl methyl sites for hydroxylation is 1. The monoisotopic (exact) mass is 521 g/mol. The summed E-state index contributed by atoms with van der Waals surface area (Å²) in [6, 6.07) is 0. The van der Waals surface area contributed by atoms with Gasteiger partial charge >= 0.3 is 5.82 Å². The zero-order valence-corrected chi connectivity index (χ0v) is 19.7. The van der Waals surface area contributed by atoms with Gasteiger partial charge in [0, 0.05) is 12.0 Å². The first-order valence-electron chi connectivity index (χ1n) is 9.58. The van der Waals surface area contributed by atoms with E-state index in [1.54, 1.807) is 6.92 Å². The summed E-state index contributed by atoms with van der Waals surface area (Å²) in [5, 5.41) is 0. The van der Waals surface area contributed by atoms with E-state index >= 15 is 0 Å². The number of halogens is 1. The van der Waals surface area contributed by atoms with Crippen LogP contribution >= 0.6 is 11.7 Å². The lowest BCUT2D eigenvalue weighted by molar-refractivity contribution is -0.917. The third-order valence-corrected chi connectivity index (χ3v) is 5.48. The molecule has 1 unspecified atom stereocenters. The maximum absolute atomic E-state index is 11.3. The molecular formula is C19H28IN3O4S. The Balaban J connectivity index is 0.00000280. The van der Waals surface area contributed by atoms with Crippen molar-refractivity contribution >= 4 is 17.3 Å². The normalized spacial score (nSPS) is 19.2. The molecule has 0 fully saturated rings. The lowest BCUT2D eigenvalue weighted by atomic mass is 10.0. The molecule has 0 spiro atoms. The smallest absolute Gasteiger partial charge is 0.519 e. The molecule has 0 N–H and O–H groups in total. The zero-order chi connectivity index (χ0) is 19.3. The highest BCUT2D eigenvalue weighted by atomic mass is 127. The highest BCUT2D eigenvalue weighted by molar-refractivity contribution is 6.99. The van der Waals surface area contributed by atoms with Crippen molar-refractivity contribution in [2.45, 2.75) is 52.5 Å². The van der Waals surface area contributed by atoms with Gasteiger partial charge in [-0.3, -0.25) is 0 Å². The molecule has 1 aliphatic rings. The summed E-state index contributed by atoms with van der Waals surface area (Å²) in [6.07, 6.45) is 7.81. The van der Waals surface area contributed by atoms with Crippen LogP contribution in [-0.2, 0) is 6.54 Å². The first-order chi connectivity index (χ1) is 13.0. The van der Waals surface area contributed by atoms with Gasteiger partial charge in [-0.05, 0) is 13.3 Å². The first kappa shape index (κ1) is 23.1. The molecule has 2 aromatic heterocycles. The summed E-state index contributed by atoms with van der Waals surface area (Å²) in [5.41, 5.74) is 1.99. The Kier molecular flexibility index (Phi) is 8.69. The van der Waals surface area contributed by atoms with Gasteiger partial charge in [0.25, 0.3) is 5.88 Å². The van der Waals surface area contributed by atoms with Crippen LogP contribution in [0.1, 0.15) is 56.2 Å². The maximum atomic E-state index is 11.3. The Hall–Kier alpha value is -1.20. The minimum absolute atomic E-state index is 0. The van der Waals surface area contributed by atoms with Crippen LogP contribution in [0.25, 0.3) is 5.57 Å². The third kappa shape index (κ3) is 5.90. The number of hydrogen-bond donors (Lipinski definition) is 0. The van der Waals surface area contributed by atoms with Crippen molar-refractivity contribution in [1.82, 2.24) is 8.75 Å². The van der Waals surface area contributed by atoms with E-state index in [4.69, 9.17) is 13.6 Å². The molecule has 2 aromatic rings. The van der Waals surface area contributed by atoms with Gasteiger partial charge in [0.15, 0.2) is 5.76 Å². The van der Waals surface area contributed by atoms with E-state index in [-0.39, 0.29) is 24.0 Å². The van der Waals surface area contributed by atoms with Gasteiger partial charge in [-0.1, -0.05) is 32.3 Å². The minimum Gasteiger partial charge on any atom is -1.00 e. The summed E-state index contributed by atoms with van der Waals surface area (Å²) >= 11 is 1.19. The van der Waals surface area contributed by atoms with E-state index < -0.39 is 5.82 Å². The second-order valence-corrected chi connectivity index (χ2v) is 7.97. The SMILES string of the molecule is CCCCCCOc1nsnc1C1=CCC[N+](C)(Cc2oc(=O)oc2C)C1.[I-]. The van der Waals surface area contributed by atoms with E-state index in [9.17, 15) is 4.79 Å². The first-order valence-corrected chi connectivity index (χ1v) is 10.3. The molecule has 9 heteroatoms. The van der Waals surface area contributed by atoms with Crippen LogP contribution in [-0.4, -0.2) is 40.0 Å². The maximum Gasteiger partial charge on any atom is 0.519 e. The van der Waals surface area contributed by atoms with E-state index in [2.05, 4.69) is 28.8 Å². The van der Waals surface area contributed by atoms with Gasteiger partial charge in [0.05, 0.1) is 31.9 Å². The van der Waals surface area contributed by atoms with Crippen LogP contribution in [0.3, 0.4) is 0 Å². The van der Waals surface area contributed by atoms with Crippen molar-refractivity contribution in [2.75, 3.05) is 26.7 Å². The van der Waals surface area contributed by atoms with E-state index in [1.165, 1.54) is 31.0 Å². The lowest BCUT2D eigenvalue weighted by Gasteiger charge is -2.36. The molecule has 28 heavy (non-hydrogen) atoms. The van der Waals surface area contributed by atoms with Gasteiger partial charge in [0.2, 0.25) is 5.76 Å². The number of quaternary nitrogens is 1. The van der Waals surface area contributed by atoms with Crippen LogP contribution in [0.4, 0.5) is 0 Å². The van der Waals surface area contributed by atoms with Crippen molar-refractivity contribution < 1.29 is 42.0 Å². The summed E-state index contributed by atoms with van der Waals surface area (Å²) in [4.78, 5) is 11.3. The number of unbranched alkanes of at least 4 members (excludes halogenated alkanes) is 3. The summed E-state index contributed by atoms with van der Waals surface area (Å²) in [7, 11) is 2.16. The number of rotatable bonds is 9. The molecule has 3 heterocycles. The average molecular weight is 521 g/mol. The van der Waals surface area contributed by atoms with Gasteiger partial charge in [0.1, 0.15) is 18.8 Å². The fraction of sp³-hybridized carbons (Fsp3) is 0.632. The second kappa shape index (κ2) is 10.5. The number of hydrogen-bond acceptors (Lipinski definition) is 7. The quantitative estimate of drug-likeness (QED) is 0.276. The minimum atomic E-state index is -0.635. The highest BCUT2D eigenvalue weighted by Crippen LogP contribution is 2.31. The van der Waals surface area contributed by atoms with Crippen LogP contribution in [0.2, 0.25) is 0 Å². The number of aromatic nitrogens is 2. The van der Waals surface area contributed by atoms with Crippen LogP contribution in [0.15, 0.2) is 19.7 Å². The fourth-order valence-electron chi connectivity index (χ4n) is 3.45. The average Bonchev–Trinajstić information content (AvgIpc) is 3.21.